The molecule has 1 atom stereocenters. The van der Waals surface area contributed by atoms with Crippen LogP contribution >= 0.6 is 11.6 Å². The number of aryl methyl sites for hydroxylation is 1. The number of sulfone groups is 1. The Morgan fingerprint density at radius 1 is 0.973 bits per heavy atom. The van der Waals surface area contributed by atoms with E-state index in [0.717, 1.165) is 22.7 Å². The van der Waals surface area contributed by atoms with Gasteiger partial charge in [0.05, 0.1) is 26.2 Å². The number of aromatic amines is 1. The van der Waals surface area contributed by atoms with E-state index < -0.39 is 15.9 Å². The van der Waals surface area contributed by atoms with E-state index in [2.05, 4.69) is 10.3 Å². The number of aromatic nitrogens is 1. The number of H-pyrrole nitrogens is 1. The SMILES string of the molecule is COc1cc(NC(C(=O)c2c[nH]c3cc(OC)c(C)cc23)c2ccc(Cl)cc2OC)cc(S(C)(=O)=O)c1. The summed E-state index contributed by atoms with van der Waals surface area (Å²) in [5.74, 6) is 1.17. The molecule has 0 aliphatic carbocycles. The maximum atomic E-state index is 14.1. The summed E-state index contributed by atoms with van der Waals surface area (Å²) >= 11 is 6.19. The number of halogens is 1. The van der Waals surface area contributed by atoms with Gasteiger partial charge < -0.3 is 24.5 Å². The first-order valence-corrected chi connectivity index (χ1v) is 13.5. The summed E-state index contributed by atoms with van der Waals surface area (Å²) in [5.41, 5.74) is 2.98. The largest absolute Gasteiger partial charge is 0.497 e. The maximum absolute atomic E-state index is 14.1. The fraction of sp³-hybridized carbons (Fsp3) is 0.222. The molecular weight excluding hydrogens is 516 g/mol. The molecule has 0 aliphatic heterocycles. The first kappa shape index (κ1) is 26.4. The Morgan fingerprint density at radius 2 is 1.70 bits per heavy atom. The number of carbonyl (C=O) groups excluding carboxylic acids is 1. The molecule has 0 amide bonds. The van der Waals surface area contributed by atoms with Crippen molar-refractivity contribution in [1.29, 1.82) is 0 Å². The number of ether oxygens (including phenoxy) is 3. The van der Waals surface area contributed by atoms with Gasteiger partial charge in [0, 0.05) is 57.3 Å². The quantitative estimate of drug-likeness (QED) is 0.265. The molecule has 0 aliphatic rings. The minimum Gasteiger partial charge on any atom is -0.497 e. The zero-order valence-electron chi connectivity index (χ0n) is 21.0. The molecule has 8 nitrogen and oxygen atoms in total. The van der Waals surface area contributed by atoms with Gasteiger partial charge in [0.1, 0.15) is 23.3 Å². The Hall–Kier alpha value is -3.69. The van der Waals surface area contributed by atoms with Crippen molar-refractivity contribution in [3.8, 4) is 17.2 Å². The van der Waals surface area contributed by atoms with Crippen LogP contribution in [0.5, 0.6) is 17.2 Å². The van der Waals surface area contributed by atoms with Crippen LogP contribution in [0.25, 0.3) is 10.9 Å². The molecule has 0 spiro atoms. The fourth-order valence-electron chi connectivity index (χ4n) is 4.20. The Kier molecular flexibility index (Phi) is 7.38. The summed E-state index contributed by atoms with van der Waals surface area (Å²) in [6.45, 7) is 1.90. The van der Waals surface area contributed by atoms with Gasteiger partial charge in [-0.2, -0.15) is 0 Å². The molecule has 4 aromatic rings. The summed E-state index contributed by atoms with van der Waals surface area (Å²) in [4.78, 5) is 17.3. The molecule has 10 heteroatoms. The van der Waals surface area contributed by atoms with E-state index >= 15 is 0 Å². The third kappa shape index (κ3) is 5.38. The third-order valence-electron chi connectivity index (χ3n) is 6.09. The molecule has 1 heterocycles. The number of nitrogens with one attached hydrogen (secondary N) is 2. The minimum atomic E-state index is -3.54. The zero-order valence-corrected chi connectivity index (χ0v) is 22.6. The summed E-state index contributed by atoms with van der Waals surface area (Å²) in [5, 5.41) is 4.38. The van der Waals surface area contributed by atoms with Gasteiger partial charge in [0.15, 0.2) is 15.6 Å². The van der Waals surface area contributed by atoms with E-state index in [1.165, 1.54) is 26.4 Å². The number of methoxy groups -OCH3 is 3. The van der Waals surface area contributed by atoms with Gasteiger partial charge in [0.2, 0.25) is 0 Å². The predicted molar refractivity (Wildman–Crippen MR) is 144 cm³/mol. The topological polar surface area (TPSA) is 107 Å². The second-order valence-corrected chi connectivity index (χ2v) is 11.0. The smallest absolute Gasteiger partial charge is 0.191 e. The van der Waals surface area contributed by atoms with Crippen LogP contribution in [-0.2, 0) is 9.84 Å². The molecule has 4 rings (SSSR count). The van der Waals surface area contributed by atoms with Crippen molar-refractivity contribution in [2.24, 2.45) is 0 Å². The molecule has 37 heavy (non-hydrogen) atoms. The van der Waals surface area contributed by atoms with Gasteiger partial charge in [-0.25, -0.2) is 8.42 Å². The van der Waals surface area contributed by atoms with Gasteiger partial charge in [0.25, 0.3) is 0 Å². The van der Waals surface area contributed by atoms with Crippen LogP contribution in [0, 0.1) is 6.92 Å². The van der Waals surface area contributed by atoms with Gasteiger partial charge >= 0.3 is 0 Å². The van der Waals surface area contributed by atoms with E-state index in [0.29, 0.717) is 39.1 Å². The lowest BCUT2D eigenvalue weighted by molar-refractivity contribution is 0.0970. The Balaban J connectivity index is 1.88. The highest BCUT2D eigenvalue weighted by Crippen LogP contribution is 2.36. The van der Waals surface area contributed by atoms with E-state index in [-0.39, 0.29) is 10.7 Å². The Labute approximate surface area is 220 Å². The Bertz CT molecular complexity index is 1600. The number of anilines is 1. The van der Waals surface area contributed by atoms with Crippen LogP contribution in [0.4, 0.5) is 5.69 Å². The number of rotatable bonds is 9. The fourth-order valence-corrected chi connectivity index (χ4v) is 5.03. The molecule has 0 saturated carbocycles. The van der Waals surface area contributed by atoms with Crippen molar-refractivity contribution in [2.75, 3.05) is 32.9 Å². The second-order valence-electron chi connectivity index (χ2n) is 8.57. The van der Waals surface area contributed by atoms with Crippen LogP contribution in [0.15, 0.2) is 59.6 Å². The first-order chi connectivity index (χ1) is 17.5. The zero-order chi connectivity index (χ0) is 26.9. The second kappa shape index (κ2) is 10.4. The van der Waals surface area contributed by atoms with Crippen LogP contribution in [0.1, 0.15) is 27.5 Å². The van der Waals surface area contributed by atoms with Gasteiger partial charge in [-0.1, -0.05) is 17.7 Å². The van der Waals surface area contributed by atoms with E-state index in [1.54, 1.807) is 37.6 Å². The summed E-state index contributed by atoms with van der Waals surface area (Å²) in [7, 11) is 0.982. The summed E-state index contributed by atoms with van der Waals surface area (Å²) in [6, 6.07) is 12.3. The molecule has 194 valence electrons. The molecular formula is C27H27ClN2O6S. The lowest BCUT2D eigenvalue weighted by Gasteiger charge is -2.22. The van der Waals surface area contributed by atoms with Crippen molar-refractivity contribution in [1.82, 2.24) is 4.98 Å². The molecule has 0 saturated heterocycles. The Morgan fingerprint density at radius 3 is 2.35 bits per heavy atom. The molecule has 1 unspecified atom stereocenters. The number of hydrogen-bond donors (Lipinski definition) is 2. The normalized spacial score (nSPS) is 12.3. The van der Waals surface area contributed by atoms with Gasteiger partial charge in [-0.3, -0.25) is 4.79 Å². The van der Waals surface area contributed by atoms with Crippen molar-refractivity contribution >= 4 is 43.8 Å². The third-order valence-corrected chi connectivity index (χ3v) is 7.41. The molecule has 3 aromatic carbocycles. The molecule has 2 N–H and O–H groups in total. The number of carbonyl (C=O) groups is 1. The average Bonchev–Trinajstić information content (AvgIpc) is 3.28. The number of Topliss-reactive ketones (excluding diaryl/α,β-unsaturated/α-hetero) is 1. The lowest BCUT2D eigenvalue weighted by atomic mass is 9.95. The van der Waals surface area contributed by atoms with Crippen molar-refractivity contribution in [2.45, 2.75) is 17.9 Å². The van der Waals surface area contributed by atoms with Gasteiger partial charge in [-0.05, 0) is 42.8 Å². The molecule has 0 fully saturated rings. The molecule has 0 bridgehead atoms. The van der Waals surface area contributed by atoms with Crippen molar-refractivity contribution in [3.05, 3.63) is 76.4 Å². The molecule has 1 aromatic heterocycles. The standard InChI is InChI=1S/C27H27ClN2O6S/c1-15-8-21-22(14-29-23(21)13-24(15)35-3)27(31)26(20-7-6-16(28)9-25(20)36-4)30-17-10-18(34-2)12-19(11-17)37(5,32)33/h6-14,26,29-30H,1-5H3. The van der Waals surface area contributed by atoms with Crippen molar-refractivity contribution in [3.63, 3.8) is 0 Å². The van der Waals surface area contributed by atoms with E-state index in [4.69, 9.17) is 25.8 Å². The highest BCUT2D eigenvalue weighted by Gasteiger charge is 2.28. The van der Waals surface area contributed by atoms with E-state index in [1.807, 2.05) is 19.1 Å². The van der Waals surface area contributed by atoms with Crippen LogP contribution in [0.2, 0.25) is 5.02 Å². The monoisotopic (exact) mass is 542 g/mol. The highest BCUT2D eigenvalue weighted by atomic mass is 35.5. The lowest BCUT2D eigenvalue weighted by Crippen LogP contribution is -2.22. The maximum Gasteiger partial charge on any atom is 0.191 e. The first-order valence-electron chi connectivity index (χ1n) is 11.2. The average molecular weight is 543 g/mol. The predicted octanol–water partition coefficient (Wildman–Crippen LogP) is 5.60. The summed E-state index contributed by atoms with van der Waals surface area (Å²) in [6.07, 6.45) is 2.76. The van der Waals surface area contributed by atoms with Gasteiger partial charge in [-0.15, -0.1) is 0 Å². The number of benzene rings is 3. The van der Waals surface area contributed by atoms with Crippen LogP contribution in [0.3, 0.4) is 0 Å². The molecule has 0 radical (unpaired) electrons. The van der Waals surface area contributed by atoms with E-state index in [9.17, 15) is 13.2 Å². The minimum absolute atomic E-state index is 0.0541. The van der Waals surface area contributed by atoms with Crippen LogP contribution < -0.4 is 19.5 Å². The van der Waals surface area contributed by atoms with Crippen molar-refractivity contribution < 1.29 is 27.4 Å². The number of hydrogen-bond acceptors (Lipinski definition) is 7. The number of fused-ring (bicyclic) bond motifs is 1. The van der Waals surface area contributed by atoms with Crippen LogP contribution in [-0.4, -0.2) is 46.8 Å². The highest BCUT2D eigenvalue weighted by molar-refractivity contribution is 7.90. The summed E-state index contributed by atoms with van der Waals surface area (Å²) < 4.78 is 40.9. The number of ketones is 1.